The standard InChI is InChI=1S/C21H26N2O2/c1-3-4-16-9-11-19(23-21(16)25)18(13-17-10-12-20(24)22-17)15-7-5-14(2)6-8-15/h5-9,11,17-18H,3-4,10,12-13H2,1-2H3,(H,22,24)(H,23,25)/t17-,18?/m1/s1. The van der Waals surface area contributed by atoms with Crippen LogP contribution in [0.4, 0.5) is 0 Å². The number of aryl methyl sites for hydroxylation is 2. The summed E-state index contributed by atoms with van der Waals surface area (Å²) in [4.78, 5) is 27.0. The number of aromatic nitrogens is 1. The van der Waals surface area contributed by atoms with Crippen molar-refractivity contribution in [2.45, 2.75) is 57.9 Å². The predicted molar refractivity (Wildman–Crippen MR) is 99.9 cm³/mol. The van der Waals surface area contributed by atoms with Crippen molar-refractivity contribution >= 4 is 5.91 Å². The maximum Gasteiger partial charge on any atom is 0.251 e. The maximum absolute atomic E-state index is 12.4. The molecule has 0 bridgehead atoms. The minimum Gasteiger partial charge on any atom is -0.353 e. The van der Waals surface area contributed by atoms with Gasteiger partial charge in [0, 0.05) is 29.6 Å². The fourth-order valence-electron chi connectivity index (χ4n) is 3.57. The van der Waals surface area contributed by atoms with E-state index in [-0.39, 0.29) is 23.4 Å². The van der Waals surface area contributed by atoms with Crippen molar-refractivity contribution < 1.29 is 4.79 Å². The number of aromatic amines is 1. The molecule has 3 rings (SSSR count). The Kier molecular flexibility index (Phi) is 5.37. The number of carbonyl (C=O) groups is 1. The first kappa shape index (κ1) is 17.5. The zero-order chi connectivity index (χ0) is 17.8. The lowest BCUT2D eigenvalue weighted by Gasteiger charge is -2.22. The van der Waals surface area contributed by atoms with E-state index in [1.807, 2.05) is 12.1 Å². The molecule has 4 heteroatoms. The number of pyridine rings is 1. The van der Waals surface area contributed by atoms with Crippen LogP contribution in [-0.4, -0.2) is 16.9 Å². The lowest BCUT2D eigenvalue weighted by Crippen LogP contribution is -2.28. The van der Waals surface area contributed by atoms with Gasteiger partial charge in [-0.3, -0.25) is 9.59 Å². The second kappa shape index (κ2) is 7.68. The molecule has 2 heterocycles. The van der Waals surface area contributed by atoms with Crippen molar-refractivity contribution in [1.82, 2.24) is 10.3 Å². The van der Waals surface area contributed by atoms with Crippen LogP contribution in [0.25, 0.3) is 0 Å². The number of nitrogens with one attached hydrogen (secondary N) is 2. The zero-order valence-corrected chi connectivity index (χ0v) is 15.0. The van der Waals surface area contributed by atoms with Crippen LogP contribution in [0.5, 0.6) is 0 Å². The fraction of sp³-hybridized carbons (Fsp3) is 0.429. The number of carbonyl (C=O) groups excluding carboxylic acids is 1. The number of hydrogen-bond acceptors (Lipinski definition) is 2. The number of H-pyrrole nitrogens is 1. The van der Waals surface area contributed by atoms with Gasteiger partial charge in [0.2, 0.25) is 5.91 Å². The number of amides is 1. The normalized spacial score (nSPS) is 18.2. The van der Waals surface area contributed by atoms with Crippen LogP contribution in [0, 0.1) is 6.92 Å². The lowest BCUT2D eigenvalue weighted by molar-refractivity contribution is -0.119. The maximum atomic E-state index is 12.4. The smallest absolute Gasteiger partial charge is 0.251 e. The summed E-state index contributed by atoms with van der Waals surface area (Å²) in [5, 5.41) is 3.05. The summed E-state index contributed by atoms with van der Waals surface area (Å²) in [5.74, 6) is 0.201. The van der Waals surface area contributed by atoms with Gasteiger partial charge in [-0.15, -0.1) is 0 Å². The molecule has 0 aliphatic carbocycles. The molecule has 1 unspecified atom stereocenters. The topological polar surface area (TPSA) is 62.0 Å². The third-order valence-electron chi connectivity index (χ3n) is 4.99. The van der Waals surface area contributed by atoms with Gasteiger partial charge >= 0.3 is 0 Å². The zero-order valence-electron chi connectivity index (χ0n) is 15.0. The molecule has 0 spiro atoms. The quantitative estimate of drug-likeness (QED) is 0.847. The largest absolute Gasteiger partial charge is 0.353 e. The van der Waals surface area contributed by atoms with E-state index in [4.69, 9.17) is 0 Å². The average molecular weight is 338 g/mol. The Morgan fingerprint density at radius 3 is 2.48 bits per heavy atom. The second-order valence-corrected chi connectivity index (χ2v) is 7.02. The Morgan fingerprint density at radius 2 is 1.88 bits per heavy atom. The first-order valence-electron chi connectivity index (χ1n) is 9.15. The molecule has 2 atom stereocenters. The van der Waals surface area contributed by atoms with Gasteiger partial charge in [-0.25, -0.2) is 0 Å². The van der Waals surface area contributed by atoms with Crippen molar-refractivity contribution in [3.63, 3.8) is 0 Å². The van der Waals surface area contributed by atoms with Crippen LogP contribution < -0.4 is 10.9 Å². The van der Waals surface area contributed by atoms with Crippen LogP contribution >= 0.6 is 0 Å². The van der Waals surface area contributed by atoms with E-state index in [0.29, 0.717) is 6.42 Å². The Labute approximate surface area is 148 Å². The predicted octanol–water partition coefficient (Wildman–Crippen LogP) is 3.44. The van der Waals surface area contributed by atoms with Gasteiger partial charge in [-0.05, 0) is 37.8 Å². The molecule has 1 saturated heterocycles. The molecule has 2 aromatic rings. The van der Waals surface area contributed by atoms with E-state index >= 15 is 0 Å². The summed E-state index contributed by atoms with van der Waals surface area (Å²) in [6.07, 6.45) is 4.01. The molecule has 1 aromatic carbocycles. The molecule has 2 N–H and O–H groups in total. The Morgan fingerprint density at radius 1 is 1.12 bits per heavy atom. The molecule has 25 heavy (non-hydrogen) atoms. The molecule has 0 radical (unpaired) electrons. The molecular weight excluding hydrogens is 312 g/mol. The van der Waals surface area contributed by atoms with E-state index in [2.05, 4.69) is 48.4 Å². The monoisotopic (exact) mass is 338 g/mol. The Bertz CT molecular complexity index is 792. The Balaban J connectivity index is 1.92. The van der Waals surface area contributed by atoms with Gasteiger partial charge in [-0.1, -0.05) is 49.2 Å². The van der Waals surface area contributed by atoms with Crippen molar-refractivity contribution in [1.29, 1.82) is 0 Å². The first-order chi connectivity index (χ1) is 12.1. The van der Waals surface area contributed by atoms with Crippen molar-refractivity contribution in [3.8, 4) is 0 Å². The van der Waals surface area contributed by atoms with Crippen molar-refractivity contribution in [3.05, 3.63) is 69.1 Å². The summed E-state index contributed by atoms with van der Waals surface area (Å²) < 4.78 is 0. The summed E-state index contributed by atoms with van der Waals surface area (Å²) in [6, 6.07) is 12.6. The van der Waals surface area contributed by atoms with E-state index in [1.54, 1.807) is 0 Å². The molecule has 1 amide bonds. The van der Waals surface area contributed by atoms with E-state index in [0.717, 1.165) is 36.9 Å². The van der Waals surface area contributed by atoms with Crippen LogP contribution in [-0.2, 0) is 11.2 Å². The molecule has 4 nitrogen and oxygen atoms in total. The number of hydrogen-bond donors (Lipinski definition) is 2. The third kappa shape index (κ3) is 4.19. The van der Waals surface area contributed by atoms with Gasteiger partial charge in [0.1, 0.15) is 0 Å². The van der Waals surface area contributed by atoms with E-state index in [9.17, 15) is 9.59 Å². The molecule has 1 aliphatic rings. The molecule has 132 valence electrons. The molecule has 1 aromatic heterocycles. The Hall–Kier alpha value is -2.36. The average Bonchev–Trinajstić information content (AvgIpc) is 3.01. The van der Waals surface area contributed by atoms with Gasteiger partial charge in [0.15, 0.2) is 0 Å². The molecule has 1 aliphatic heterocycles. The summed E-state index contributed by atoms with van der Waals surface area (Å²) >= 11 is 0. The highest BCUT2D eigenvalue weighted by molar-refractivity contribution is 5.78. The molecular formula is C21H26N2O2. The third-order valence-corrected chi connectivity index (χ3v) is 4.99. The van der Waals surface area contributed by atoms with Gasteiger partial charge in [-0.2, -0.15) is 0 Å². The minimum absolute atomic E-state index is 0.00641. The van der Waals surface area contributed by atoms with Gasteiger partial charge < -0.3 is 10.3 Å². The highest BCUT2D eigenvalue weighted by atomic mass is 16.2. The van der Waals surface area contributed by atoms with Crippen LogP contribution in [0.3, 0.4) is 0 Å². The van der Waals surface area contributed by atoms with E-state index in [1.165, 1.54) is 11.1 Å². The van der Waals surface area contributed by atoms with Gasteiger partial charge in [0.05, 0.1) is 0 Å². The lowest BCUT2D eigenvalue weighted by atomic mass is 9.88. The van der Waals surface area contributed by atoms with E-state index < -0.39 is 0 Å². The van der Waals surface area contributed by atoms with Crippen LogP contribution in [0.15, 0.2) is 41.2 Å². The molecule has 1 fully saturated rings. The van der Waals surface area contributed by atoms with Crippen molar-refractivity contribution in [2.75, 3.05) is 0 Å². The van der Waals surface area contributed by atoms with Crippen molar-refractivity contribution in [2.24, 2.45) is 0 Å². The molecule has 0 saturated carbocycles. The van der Waals surface area contributed by atoms with Crippen LogP contribution in [0.1, 0.15) is 60.9 Å². The summed E-state index contributed by atoms with van der Waals surface area (Å²) in [6.45, 7) is 4.14. The second-order valence-electron chi connectivity index (χ2n) is 7.02. The minimum atomic E-state index is 0.00641. The number of benzene rings is 1. The summed E-state index contributed by atoms with van der Waals surface area (Å²) in [7, 11) is 0. The SMILES string of the molecule is CCCc1ccc(C(C[C@H]2CCC(=O)N2)c2ccc(C)cc2)[nH]c1=O. The number of rotatable bonds is 6. The first-order valence-corrected chi connectivity index (χ1v) is 9.15. The summed E-state index contributed by atoms with van der Waals surface area (Å²) in [5.41, 5.74) is 4.15. The fourth-order valence-corrected chi connectivity index (χ4v) is 3.57. The van der Waals surface area contributed by atoms with Crippen LogP contribution in [0.2, 0.25) is 0 Å². The highest BCUT2D eigenvalue weighted by Gasteiger charge is 2.26. The highest BCUT2D eigenvalue weighted by Crippen LogP contribution is 2.30. The van der Waals surface area contributed by atoms with Gasteiger partial charge in [0.25, 0.3) is 5.56 Å².